The summed E-state index contributed by atoms with van der Waals surface area (Å²) < 4.78 is 5.42. The fourth-order valence-corrected chi connectivity index (χ4v) is 3.00. The van der Waals surface area contributed by atoms with Gasteiger partial charge in [-0.2, -0.15) is 0 Å². The van der Waals surface area contributed by atoms with Gasteiger partial charge >= 0.3 is 0 Å². The number of hydrogen-bond donors (Lipinski definition) is 1. The highest BCUT2D eigenvalue weighted by molar-refractivity contribution is 5.92. The smallest absolute Gasteiger partial charge is 0.262 e. The average molecular weight is 352 g/mol. The number of hydrogen-bond acceptors (Lipinski definition) is 3. The normalized spacial score (nSPS) is 13.9. The molecule has 0 unspecified atom stereocenters. The lowest BCUT2D eigenvalue weighted by Crippen LogP contribution is -2.36. The first-order valence-electron chi connectivity index (χ1n) is 9.05. The number of anilines is 1. The molecule has 2 amide bonds. The summed E-state index contributed by atoms with van der Waals surface area (Å²) in [6.07, 6.45) is 3.82. The number of benzene rings is 2. The summed E-state index contributed by atoms with van der Waals surface area (Å²) in [5, 5.41) is 2.80. The molecule has 1 fully saturated rings. The summed E-state index contributed by atoms with van der Waals surface area (Å²) in [6.45, 7) is 1.70. The minimum atomic E-state index is -0.217. The Morgan fingerprint density at radius 3 is 2.31 bits per heavy atom. The van der Waals surface area contributed by atoms with Crippen molar-refractivity contribution in [3.05, 3.63) is 60.2 Å². The zero-order valence-corrected chi connectivity index (χ0v) is 14.8. The summed E-state index contributed by atoms with van der Waals surface area (Å²) in [5.41, 5.74) is 1.65. The van der Waals surface area contributed by atoms with Crippen LogP contribution >= 0.6 is 0 Å². The number of likely N-dealkylation sites (tertiary alicyclic amines) is 1. The second-order valence-corrected chi connectivity index (χ2v) is 6.47. The van der Waals surface area contributed by atoms with E-state index in [0.717, 1.165) is 31.5 Å². The molecule has 1 N–H and O–H groups in total. The van der Waals surface area contributed by atoms with Crippen molar-refractivity contribution in [2.45, 2.75) is 25.7 Å². The van der Waals surface area contributed by atoms with Crippen LogP contribution in [0, 0.1) is 0 Å². The third-order valence-electron chi connectivity index (χ3n) is 4.41. The molecule has 2 aromatic carbocycles. The van der Waals surface area contributed by atoms with Crippen molar-refractivity contribution in [3.63, 3.8) is 0 Å². The molecule has 0 bridgehead atoms. The fraction of sp³-hybridized carbons (Fsp3) is 0.333. The number of nitrogens with one attached hydrogen (secondary N) is 1. The van der Waals surface area contributed by atoms with E-state index in [1.165, 1.54) is 6.42 Å². The minimum Gasteiger partial charge on any atom is -0.484 e. The van der Waals surface area contributed by atoms with Crippen LogP contribution in [0.3, 0.4) is 0 Å². The number of rotatable bonds is 6. The molecule has 1 aliphatic rings. The standard InChI is InChI=1S/C21H24N2O3/c24-20(16-26-19-7-3-1-4-8-19)22-18-11-9-17(10-12-18)15-21(25)23-13-5-2-6-14-23/h1,3-4,7-12H,2,5-6,13-16H2,(H,22,24). The lowest BCUT2D eigenvalue weighted by molar-refractivity contribution is -0.131. The van der Waals surface area contributed by atoms with Crippen LogP contribution in [0.15, 0.2) is 54.6 Å². The first kappa shape index (κ1) is 18.0. The van der Waals surface area contributed by atoms with Gasteiger partial charge in [0.2, 0.25) is 5.91 Å². The van der Waals surface area contributed by atoms with Crippen molar-refractivity contribution in [1.82, 2.24) is 4.90 Å². The van der Waals surface area contributed by atoms with Crippen LogP contribution in [-0.2, 0) is 16.0 Å². The van der Waals surface area contributed by atoms with E-state index in [4.69, 9.17) is 4.74 Å². The number of piperidine rings is 1. The number of carbonyl (C=O) groups excluding carboxylic acids is 2. The van der Waals surface area contributed by atoms with Gasteiger partial charge in [0.05, 0.1) is 6.42 Å². The molecule has 1 aliphatic heterocycles. The Bertz CT molecular complexity index is 723. The van der Waals surface area contributed by atoms with Crippen LogP contribution in [0.2, 0.25) is 0 Å². The third-order valence-corrected chi connectivity index (χ3v) is 4.41. The number of nitrogens with zero attached hydrogens (tertiary/aromatic N) is 1. The summed E-state index contributed by atoms with van der Waals surface area (Å²) in [7, 11) is 0. The molecule has 26 heavy (non-hydrogen) atoms. The van der Waals surface area contributed by atoms with Crippen LogP contribution in [0.1, 0.15) is 24.8 Å². The van der Waals surface area contributed by atoms with Gasteiger partial charge < -0.3 is 15.0 Å². The topological polar surface area (TPSA) is 58.6 Å². The molecule has 1 heterocycles. The van der Waals surface area contributed by atoms with Gasteiger partial charge in [0.1, 0.15) is 5.75 Å². The Kier molecular flexibility index (Phi) is 6.25. The molecule has 2 aromatic rings. The quantitative estimate of drug-likeness (QED) is 0.868. The number of ether oxygens (including phenoxy) is 1. The maximum absolute atomic E-state index is 12.3. The molecular formula is C21H24N2O3. The highest BCUT2D eigenvalue weighted by atomic mass is 16.5. The van der Waals surface area contributed by atoms with E-state index in [2.05, 4.69) is 5.32 Å². The Morgan fingerprint density at radius 1 is 0.923 bits per heavy atom. The number of para-hydroxylation sites is 1. The predicted molar refractivity (Wildman–Crippen MR) is 101 cm³/mol. The molecule has 1 saturated heterocycles. The van der Waals surface area contributed by atoms with E-state index in [1.807, 2.05) is 47.4 Å². The molecule has 0 aliphatic carbocycles. The van der Waals surface area contributed by atoms with Crippen LogP contribution in [0.5, 0.6) is 5.75 Å². The summed E-state index contributed by atoms with van der Waals surface area (Å²) in [4.78, 5) is 26.2. The molecule has 5 heteroatoms. The second kappa shape index (κ2) is 9.04. The Hall–Kier alpha value is -2.82. The minimum absolute atomic E-state index is 0.0424. The van der Waals surface area contributed by atoms with Gasteiger partial charge in [-0.1, -0.05) is 30.3 Å². The van der Waals surface area contributed by atoms with E-state index in [1.54, 1.807) is 12.1 Å². The zero-order chi connectivity index (χ0) is 18.2. The SMILES string of the molecule is O=C(COc1ccccc1)Nc1ccc(CC(=O)N2CCCCC2)cc1. The second-order valence-electron chi connectivity index (χ2n) is 6.47. The maximum atomic E-state index is 12.3. The van der Waals surface area contributed by atoms with E-state index in [-0.39, 0.29) is 18.4 Å². The van der Waals surface area contributed by atoms with Gasteiger partial charge in [-0.25, -0.2) is 0 Å². The maximum Gasteiger partial charge on any atom is 0.262 e. The molecule has 136 valence electrons. The van der Waals surface area contributed by atoms with Crippen molar-refractivity contribution in [3.8, 4) is 5.75 Å². The van der Waals surface area contributed by atoms with E-state index in [0.29, 0.717) is 17.9 Å². The largest absolute Gasteiger partial charge is 0.484 e. The van der Waals surface area contributed by atoms with E-state index >= 15 is 0 Å². The van der Waals surface area contributed by atoms with E-state index in [9.17, 15) is 9.59 Å². The van der Waals surface area contributed by atoms with Gasteiger partial charge in [-0.3, -0.25) is 9.59 Å². The summed E-state index contributed by atoms with van der Waals surface area (Å²) in [6, 6.07) is 16.6. The molecule has 3 rings (SSSR count). The molecule has 5 nitrogen and oxygen atoms in total. The fourth-order valence-electron chi connectivity index (χ4n) is 3.00. The Balaban J connectivity index is 1.46. The molecule has 0 aromatic heterocycles. The Labute approximate surface area is 154 Å². The first-order valence-corrected chi connectivity index (χ1v) is 9.05. The first-order chi connectivity index (χ1) is 12.7. The van der Waals surface area contributed by atoms with Gasteiger partial charge in [-0.05, 0) is 49.1 Å². The lowest BCUT2D eigenvalue weighted by atomic mass is 10.1. The van der Waals surface area contributed by atoms with Crippen molar-refractivity contribution < 1.29 is 14.3 Å². The molecule has 0 radical (unpaired) electrons. The van der Waals surface area contributed by atoms with Crippen LogP contribution in [0.4, 0.5) is 5.69 Å². The highest BCUT2D eigenvalue weighted by Gasteiger charge is 2.16. The number of amides is 2. The molecule has 0 atom stereocenters. The van der Waals surface area contributed by atoms with Crippen LogP contribution in [-0.4, -0.2) is 36.4 Å². The van der Waals surface area contributed by atoms with Crippen LogP contribution in [0.25, 0.3) is 0 Å². The van der Waals surface area contributed by atoms with Gasteiger partial charge in [0, 0.05) is 18.8 Å². The van der Waals surface area contributed by atoms with Crippen molar-refractivity contribution in [1.29, 1.82) is 0 Å². The third kappa shape index (κ3) is 5.34. The van der Waals surface area contributed by atoms with Gasteiger partial charge in [0.25, 0.3) is 5.91 Å². The van der Waals surface area contributed by atoms with Gasteiger partial charge in [-0.15, -0.1) is 0 Å². The van der Waals surface area contributed by atoms with E-state index < -0.39 is 0 Å². The molecule has 0 spiro atoms. The number of carbonyl (C=O) groups is 2. The molecule has 0 saturated carbocycles. The average Bonchev–Trinajstić information content (AvgIpc) is 2.69. The summed E-state index contributed by atoms with van der Waals surface area (Å²) in [5.74, 6) is 0.623. The zero-order valence-electron chi connectivity index (χ0n) is 14.8. The molecular weight excluding hydrogens is 328 g/mol. The Morgan fingerprint density at radius 2 is 1.62 bits per heavy atom. The summed E-state index contributed by atoms with van der Waals surface area (Å²) >= 11 is 0. The lowest BCUT2D eigenvalue weighted by Gasteiger charge is -2.26. The van der Waals surface area contributed by atoms with Crippen molar-refractivity contribution >= 4 is 17.5 Å². The van der Waals surface area contributed by atoms with Crippen molar-refractivity contribution in [2.75, 3.05) is 25.0 Å². The van der Waals surface area contributed by atoms with Crippen molar-refractivity contribution in [2.24, 2.45) is 0 Å². The monoisotopic (exact) mass is 352 g/mol. The highest BCUT2D eigenvalue weighted by Crippen LogP contribution is 2.14. The van der Waals surface area contributed by atoms with Gasteiger partial charge in [0.15, 0.2) is 6.61 Å². The predicted octanol–water partition coefficient (Wildman–Crippen LogP) is 3.26. The van der Waals surface area contributed by atoms with Crippen LogP contribution < -0.4 is 10.1 Å².